The van der Waals surface area contributed by atoms with Crippen molar-refractivity contribution < 1.29 is 19.7 Å². The van der Waals surface area contributed by atoms with Crippen LogP contribution in [-0.2, 0) is 15.9 Å². The van der Waals surface area contributed by atoms with E-state index in [0.29, 0.717) is 10.9 Å². The van der Waals surface area contributed by atoms with E-state index in [2.05, 4.69) is 9.97 Å². The molecule has 8 heteroatoms. The Labute approximate surface area is 126 Å². The fourth-order valence-corrected chi connectivity index (χ4v) is 3.10. The van der Waals surface area contributed by atoms with Crippen LogP contribution >= 0.6 is 11.8 Å². The Morgan fingerprint density at radius 2 is 2.24 bits per heavy atom. The van der Waals surface area contributed by atoms with Gasteiger partial charge in [-0.3, -0.25) is 4.79 Å². The molecule has 118 valence electrons. The van der Waals surface area contributed by atoms with Gasteiger partial charge in [-0.2, -0.15) is 0 Å². The first-order valence-electron chi connectivity index (χ1n) is 6.82. The third-order valence-electron chi connectivity index (χ3n) is 3.21. The first-order valence-corrected chi connectivity index (χ1v) is 7.81. The Morgan fingerprint density at radius 3 is 2.86 bits per heavy atom. The number of aliphatic hydroxyl groups is 2. The number of thioether (sulfide) groups is 1. The lowest BCUT2D eigenvalue weighted by molar-refractivity contribution is -0.145. The number of aromatic nitrogens is 2. The lowest BCUT2D eigenvalue weighted by Crippen LogP contribution is -2.33. The Bertz CT molecular complexity index is 524. The third-order valence-corrected chi connectivity index (χ3v) is 4.18. The van der Waals surface area contributed by atoms with Crippen LogP contribution in [0.15, 0.2) is 16.0 Å². The van der Waals surface area contributed by atoms with Gasteiger partial charge in [0.1, 0.15) is 12.2 Å². The van der Waals surface area contributed by atoms with Gasteiger partial charge in [-0.1, -0.05) is 25.1 Å². The Balaban J connectivity index is 1.98. The molecule has 2 rings (SSSR count). The fraction of sp³-hybridized carbons (Fsp3) is 0.692. The SMILES string of the molecule is CCCc1cc(=O)[nH]c(SC[C@H]2O[C@@H](OC)[C@H](O)[C@@H]2O)n1. The van der Waals surface area contributed by atoms with Gasteiger partial charge in [0.05, 0.1) is 6.10 Å². The van der Waals surface area contributed by atoms with Crippen molar-refractivity contribution in [3.8, 4) is 0 Å². The number of H-pyrrole nitrogens is 1. The summed E-state index contributed by atoms with van der Waals surface area (Å²) in [5, 5.41) is 20.1. The van der Waals surface area contributed by atoms with Crippen LogP contribution in [0, 0.1) is 0 Å². The summed E-state index contributed by atoms with van der Waals surface area (Å²) in [5.41, 5.74) is 0.546. The fourth-order valence-electron chi connectivity index (χ4n) is 2.14. The van der Waals surface area contributed by atoms with Gasteiger partial charge in [-0.15, -0.1) is 0 Å². The first kappa shape index (κ1) is 16.4. The second-order valence-electron chi connectivity index (χ2n) is 4.86. The summed E-state index contributed by atoms with van der Waals surface area (Å²) in [6.45, 7) is 2.02. The van der Waals surface area contributed by atoms with Gasteiger partial charge in [-0.25, -0.2) is 4.98 Å². The predicted molar refractivity (Wildman–Crippen MR) is 77.3 cm³/mol. The van der Waals surface area contributed by atoms with Crippen molar-refractivity contribution in [2.75, 3.05) is 12.9 Å². The molecule has 1 aromatic heterocycles. The van der Waals surface area contributed by atoms with E-state index in [1.54, 1.807) is 0 Å². The average Bonchev–Trinajstić information content (AvgIpc) is 2.72. The molecule has 1 fully saturated rings. The molecule has 1 aliphatic heterocycles. The molecule has 4 atom stereocenters. The summed E-state index contributed by atoms with van der Waals surface area (Å²) in [4.78, 5) is 18.5. The number of ether oxygens (including phenoxy) is 2. The molecule has 0 aromatic carbocycles. The van der Waals surface area contributed by atoms with E-state index in [0.717, 1.165) is 18.5 Å². The lowest BCUT2D eigenvalue weighted by Gasteiger charge is -2.13. The van der Waals surface area contributed by atoms with Crippen LogP contribution in [0.2, 0.25) is 0 Å². The standard InChI is InChI=1S/C13H20N2O5S/c1-3-4-7-5-9(16)15-13(14-7)21-6-8-10(17)11(18)12(19-2)20-8/h5,8,10-12,17-18H,3-4,6H2,1-2H3,(H,14,15,16)/t8-,10-,11-,12-/m1/s1. The number of methoxy groups -OCH3 is 1. The van der Waals surface area contributed by atoms with Crippen molar-refractivity contribution in [2.45, 2.75) is 49.5 Å². The minimum absolute atomic E-state index is 0.196. The number of aromatic amines is 1. The van der Waals surface area contributed by atoms with E-state index >= 15 is 0 Å². The molecule has 2 heterocycles. The number of rotatable bonds is 6. The molecule has 0 radical (unpaired) electrons. The summed E-state index contributed by atoms with van der Waals surface area (Å²) < 4.78 is 10.3. The summed E-state index contributed by atoms with van der Waals surface area (Å²) in [7, 11) is 1.41. The van der Waals surface area contributed by atoms with Crippen molar-refractivity contribution in [3.05, 3.63) is 22.1 Å². The van der Waals surface area contributed by atoms with E-state index in [4.69, 9.17) is 9.47 Å². The third kappa shape index (κ3) is 4.04. The molecular formula is C13H20N2O5S. The van der Waals surface area contributed by atoms with E-state index in [1.807, 2.05) is 6.92 Å². The normalized spacial score (nSPS) is 29.0. The minimum Gasteiger partial charge on any atom is -0.387 e. The van der Waals surface area contributed by atoms with Crippen LogP contribution in [0.4, 0.5) is 0 Å². The van der Waals surface area contributed by atoms with Crippen molar-refractivity contribution in [3.63, 3.8) is 0 Å². The molecule has 0 bridgehead atoms. The van der Waals surface area contributed by atoms with Gasteiger partial charge in [-0.05, 0) is 6.42 Å². The van der Waals surface area contributed by atoms with Gasteiger partial charge in [0.15, 0.2) is 11.4 Å². The van der Waals surface area contributed by atoms with Gasteiger partial charge in [0, 0.05) is 24.6 Å². The zero-order valence-corrected chi connectivity index (χ0v) is 12.8. The molecule has 0 spiro atoms. The number of nitrogens with zero attached hydrogens (tertiary/aromatic N) is 1. The van der Waals surface area contributed by atoms with E-state index in [9.17, 15) is 15.0 Å². The lowest BCUT2D eigenvalue weighted by atomic mass is 10.2. The summed E-state index contributed by atoms with van der Waals surface area (Å²) in [5.74, 6) is 0.358. The molecular weight excluding hydrogens is 296 g/mol. The topological polar surface area (TPSA) is 105 Å². The molecule has 0 saturated carbocycles. The highest BCUT2D eigenvalue weighted by Gasteiger charge is 2.42. The van der Waals surface area contributed by atoms with Gasteiger partial charge in [0.25, 0.3) is 5.56 Å². The minimum atomic E-state index is -1.07. The Morgan fingerprint density at radius 1 is 1.48 bits per heavy atom. The van der Waals surface area contributed by atoms with Crippen LogP contribution in [0.5, 0.6) is 0 Å². The highest BCUT2D eigenvalue weighted by Crippen LogP contribution is 2.26. The quantitative estimate of drug-likeness (QED) is 0.497. The Kier molecular flexibility index (Phi) is 5.77. The van der Waals surface area contributed by atoms with Crippen molar-refractivity contribution in [1.82, 2.24) is 9.97 Å². The predicted octanol–water partition coefficient (Wildman–Crippen LogP) is -0.0924. The summed E-state index contributed by atoms with van der Waals surface area (Å²) in [6, 6.07) is 1.49. The van der Waals surface area contributed by atoms with Gasteiger partial charge < -0.3 is 24.7 Å². The van der Waals surface area contributed by atoms with Crippen LogP contribution in [0.1, 0.15) is 19.0 Å². The monoisotopic (exact) mass is 316 g/mol. The number of hydrogen-bond acceptors (Lipinski definition) is 7. The Hall–Kier alpha value is -0.930. The zero-order chi connectivity index (χ0) is 15.4. The van der Waals surface area contributed by atoms with E-state index < -0.39 is 24.6 Å². The summed E-state index contributed by atoms with van der Waals surface area (Å²) >= 11 is 1.27. The van der Waals surface area contributed by atoms with Crippen molar-refractivity contribution >= 4 is 11.8 Å². The molecule has 7 nitrogen and oxygen atoms in total. The highest BCUT2D eigenvalue weighted by molar-refractivity contribution is 7.99. The van der Waals surface area contributed by atoms with Gasteiger partial charge >= 0.3 is 0 Å². The molecule has 0 amide bonds. The van der Waals surface area contributed by atoms with Crippen molar-refractivity contribution in [2.24, 2.45) is 0 Å². The zero-order valence-electron chi connectivity index (χ0n) is 12.0. The van der Waals surface area contributed by atoms with Gasteiger partial charge in [0.2, 0.25) is 0 Å². The second kappa shape index (κ2) is 7.37. The molecule has 0 unspecified atom stereocenters. The number of aryl methyl sites for hydroxylation is 1. The largest absolute Gasteiger partial charge is 0.387 e. The maximum Gasteiger partial charge on any atom is 0.251 e. The van der Waals surface area contributed by atoms with E-state index in [-0.39, 0.29) is 5.56 Å². The number of hydrogen-bond donors (Lipinski definition) is 3. The first-order chi connectivity index (χ1) is 10.0. The van der Waals surface area contributed by atoms with Crippen LogP contribution in [0.3, 0.4) is 0 Å². The van der Waals surface area contributed by atoms with E-state index in [1.165, 1.54) is 24.9 Å². The smallest absolute Gasteiger partial charge is 0.251 e. The van der Waals surface area contributed by atoms with Crippen molar-refractivity contribution in [1.29, 1.82) is 0 Å². The highest BCUT2D eigenvalue weighted by atomic mass is 32.2. The average molecular weight is 316 g/mol. The number of nitrogens with one attached hydrogen (secondary N) is 1. The summed E-state index contributed by atoms with van der Waals surface area (Å²) in [6.07, 6.45) is -1.84. The maximum absolute atomic E-state index is 11.5. The molecule has 1 aliphatic rings. The molecule has 1 aromatic rings. The maximum atomic E-state index is 11.5. The molecule has 0 aliphatic carbocycles. The molecule has 3 N–H and O–H groups in total. The number of aliphatic hydroxyl groups excluding tert-OH is 2. The van der Waals surface area contributed by atoms with Crippen LogP contribution in [0.25, 0.3) is 0 Å². The second-order valence-corrected chi connectivity index (χ2v) is 5.87. The molecule has 21 heavy (non-hydrogen) atoms. The van der Waals surface area contributed by atoms with Crippen LogP contribution in [-0.4, -0.2) is 57.6 Å². The van der Waals surface area contributed by atoms with Crippen LogP contribution < -0.4 is 5.56 Å². The molecule has 1 saturated heterocycles.